The van der Waals surface area contributed by atoms with Crippen molar-refractivity contribution in [1.29, 1.82) is 0 Å². The minimum atomic E-state index is 0.153. The molecule has 3 nitrogen and oxygen atoms in total. The number of hydrogen-bond acceptors (Lipinski definition) is 2. The lowest BCUT2D eigenvalue weighted by Crippen LogP contribution is -2.53. The van der Waals surface area contributed by atoms with Crippen molar-refractivity contribution in [2.45, 2.75) is 26.4 Å². The van der Waals surface area contributed by atoms with Crippen molar-refractivity contribution in [2.75, 3.05) is 19.6 Å². The van der Waals surface area contributed by atoms with Gasteiger partial charge in [0.1, 0.15) is 0 Å². The molecule has 0 radical (unpaired) electrons. The van der Waals surface area contributed by atoms with Gasteiger partial charge in [-0.15, -0.1) is 0 Å². The zero-order valence-electron chi connectivity index (χ0n) is 13.9. The van der Waals surface area contributed by atoms with Crippen LogP contribution in [0.2, 0.25) is 0 Å². The highest BCUT2D eigenvalue weighted by Crippen LogP contribution is 2.16. The van der Waals surface area contributed by atoms with Gasteiger partial charge >= 0.3 is 0 Å². The predicted octanol–water partition coefficient (Wildman–Crippen LogP) is 3.34. The van der Waals surface area contributed by atoms with Gasteiger partial charge in [0.2, 0.25) is 0 Å². The quantitative estimate of drug-likeness (QED) is 0.868. The van der Waals surface area contributed by atoms with E-state index >= 15 is 0 Å². The number of nitrogens with zero attached hydrogens (tertiary/aromatic N) is 2. The molecule has 120 valence electrons. The smallest absolute Gasteiger partial charge is 0.253 e. The molecule has 0 saturated carbocycles. The van der Waals surface area contributed by atoms with E-state index in [9.17, 15) is 4.79 Å². The van der Waals surface area contributed by atoms with Crippen LogP contribution < -0.4 is 0 Å². The highest BCUT2D eigenvalue weighted by molar-refractivity contribution is 5.94. The van der Waals surface area contributed by atoms with Crippen molar-refractivity contribution in [3.05, 3.63) is 71.3 Å². The van der Waals surface area contributed by atoms with Gasteiger partial charge in [0.15, 0.2) is 0 Å². The summed E-state index contributed by atoms with van der Waals surface area (Å²) in [4.78, 5) is 17.1. The summed E-state index contributed by atoms with van der Waals surface area (Å²) in [6.07, 6.45) is 0. The Bertz CT molecular complexity index is 668. The molecule has 0 aliphatic carbocycles. The molecule has 1 atom stereocenters. The van der Waals surface area contributed by atoms with Crippen molar-refractivity contribution in [1.82, 2.24) is 9.80 Å². The topological polar surface area (TPSA) is 23.6 Å². The summed E-state index contributed by atoms with van der Waals surface area (Å²) >= 11 is 0. The Morgan fingerprint density at radius 3 is 2.57 bits per heavy atom. The minimum absolute atomic E-state index is 0.153. The molecule has 3 heteroatoms. The molecule has 1 amide bonds. The molecule has 1 saturated heterocycles. The Hall–Kier alpha value is -2.13. The maximum atomic E-state index is 12.7. The number of piperazine rings is 1. The Balaban J connectivity index is 1.63. The van der Waals surface area contributed by atoms with Gasteiger partial charge in [0.25, 0.3) is 5.91 Å². The molecule has 1 unspecified atom stereocenters. The van der Waals surface area contributed by atoms with Crippen molar-refractivity contribution in [2.24, 2.45) is 0 Å². The first-order valence-electron chi connectivity index (χ1n) is 8.27. The fourth-order valence-electron chi connectivity index (χ4n) is 3.19. The van der Waals surface area contributed by atoms with E-state index in [0.29, 0.717) is 6.04 Å². The number of hydrogen-bond donors (Lipinski definition) is 0. The number of benzene rings is 2. The SMILES string of the molecule is Cc1cccc(C(=O)N2CCN(Cc3ccccc3)C(C)C2)c1. The van der Waals surface area contributed by atoms with E-state index in [-0.39, 0.29) is 5.91 Å². The second-order valence-electron chi connectivity index (χ2n) is 6.43. The second-order valence-corrected chi connectivity index (χ2v) is 6.43. The van der Waals surface area contributed by atoms with Crippen LogP contribution in [0.4, 0.5) is 0 Å². The third-order valence-corrected chi connectivity index (χ3v) is 4.55. The lowest BCUT2D eigenvalue weighted by atomic mass is 10.1. The van der Waals surface area contributed by atoms with Crippen LogP contribution in [-0.2, 0) is 6.54 Å². The molecule has 1 fully saturated rings. The summed E-state index contributed by atoms with van der Waals surface area (Å²) in [5.74, 6) is 0.153. The molecule has 23 heavy (non-hydrogen) atoms. The average molecular weight is 308 g/mol. The molecule has 0 bridgehead atoms. The maximum absolute atomic E-state index is 12.7. The molecule has 2 aromatic rings. The molecule has 2 aromatic carbocycles. The molecule has 1 aliphatic rings. The van der Waals surface area contributed by atoms with E-state index in [1.807, 2.05) is 42.2 Å². The Kier molecular flexibility index (Phi) is 4.77. The number of carbonyl (C=O) groups excluding carboxylic acids is 1. The third-order valence-electron chi connectivity index (χ3n) is 4.55. The van der Waals surface area contributed by atoms with E-state index < -0.39 is 0 Å². The summed E-state index contributed by atoms with van der Waals surface area (Å²) in [5, 5.41) is 0. The molecule has 0 N–H and O–H groups in total. The lowest BCUT2D eigenvalue weighted by Gasteiger charge is -2.40. The predicted molar refractivity (Wildman–Crippen MR) is 93.4 cm³/mol. The first-order valence-corrected chi connectivity index (χ1v) is 8.27. The summed E-state index contributed by atoms with van der Waals surface area (Å²) in [6.45, 7) is 7.70. The van der Waals surface area contributed by atoms with Gasteiger partial charge in [-0.25, -0.2) is 0 Å². The van der Waals surface area contributed by atoms with E-state index in [4.69, 9.17) is 0 Å². The summed E-state index contributed by atoms with van der Waals surface area (Å²) in [6, 6.07) is 18.8. The molecule has 3 rings (SSSR count). The van der Waals surface area contributed by atoms with E-state index in [0.717, 1.165) is 37.3 Å². The van der Waals surface area contributed by atoms with E-state index in [2.05, 4.69) is 36.1 Å². The van der Waals surface area contributed by atoms with Crippen molar-refractivity contribution < 1.29 is 4.79 Å². The molecular weight excluding hydrogens is 284 g/mol. The zero-order chi connectivity index (χ0) is 16.2. The van der Waals surface area contributed by atoms with Crippen LogP contribution in [0.5, 0.6) is 0 Å². The van der Waals surface area contributed by atoms with Gasteiger partial charge in [-0.1, -0.05) is 48.0 Å². The number of amides is 1. The van der Waals surface area contributed by atoms with Crippen LogP contribution >= 0.6 is 0 Å². The van der Waals surface area contributed by atoms with E-state index in [1.54, 1.807) is 0 Å². The molecular formula is C20H24N2O. The van der Waals surface area contributed by atoms with Crippen LogP contribution in [0.25, 0.3) is 0 Å². The van der Waals surface area contributed by atoms with E-state index in [1.165, 1.54) is 5.56 Å². The Labute approximate surface area is 138 Å². The fraction of sp³-hybridized carbons (Fsp3) is 0.350. The monoisotopic (exact) mass is 308 g/mol. The Morgan fingerprint density at radius 2 is 1.87 bits per heavy atom. The number of carbonyl (C=O) groups is 1. The largest absolute Gasteiger partial charge is 0.336 e. The van der Waals surface area contributed by atoms with Gasteiger partial charge in [-0.3, -0.25) is 9.69 Å². The first-order chi connectivity index (χ1) is 11.1. The van der Waals surface area contributed by atoms with Crippen LogP contribution in [0, 0.1) is 6.92 Å². The van der Waals surface area contributed by atoms with Crippen LogP contribution in [0.15, 0.2) is 54.6 Å². The van der Waals surface area contributed by atoms with Crippen molar-refractivity contribution >= 4 is 5.91 Å². The molecule has 1 heterocycles. The molecule has 0 aromatic heterocycles. The summed E-state index contributed by atoms with van der Waals surface area (Å²) in [7, 11) is 0. The van der Waals surface area contributed by atoms with Gasteiger partial charge in [-0.05, 0) is 31.5 Å². The highest BCUT2D eigenvalue weighted by atomic mass is 16.2. The third kappa shape index (κ3) is 3.80. The summed E-state index contributed by atoms with van der Waals surface area (Å²) < 4.78 is 0. The zero-order valence-corrected chi connectivity index (χ0v) is 13.9. The standard InChI is InChI=1S/C20H24N2O/c1-16-7-6-10-19(13-16)20(23)22-12-11-21(17(2)14-22)15-18-8-4-3-5-9-18/h3-10,13,17H,11-12,14-15H2,1-2H3. The van der Waals surface area contributed by atoms with Crippen LogP contribution in [0.1, 0.15) is 28.4 Å². The summed E-state index contributed by atoms with van der Waals surface area (Å²) in [5.41, 5.74) is 3.26. The molecule has 1 aliphatic heterocycles. The van der Waals surface area contributed by atoms with Gasteiger partial charge in [0, 0.05) is 37.8 Å². The fourth-order valence-corrected chi connectivity index (χ4v) is 3.19. The minimum Gasteiger partial charge on any atom is -0.336 e. The first kappa shape index (κ1) is 15.8. The van der Waals surface area contributed by atoms with Crippen LogP contribution in [-0.4, -0.2) is 41.4 Å². The van der Waals surface area contributed by atoms with Gasteiger partial charge in [0.05, 0.1) is 0 Å². The van der Waals surface area contributed by atoms with Crippen molar-refractivity contribution in [3.8, 4) is 0 Å². The van der Waals surface area contributed by atoms with Crippen molar-refractivity contribution in [3.63, 3.8) is 0 Å². The number of rotatable bonds is 3. The second kappa shape index (κ2) is 6.97. The highest BCUT2D eigenvalue weighted by Gasteiger charge is 2.27. The van der Waals surface area contributed by atoms with Gasteiger partial charge in [-0.2, -0.15) is 0 Å². The molecule has 0 spiro atoms. The normalized spacial score (nSPS) is 18.9. The Morgan fingerprint density at radius 1 is 1.09 bits per heavy atom. The van der Waals surface area contributed by atoms with Crippen LogP contribution in [0.3, 0.4) is 0 Å². The number of aryl methyl sites for hydroxylation is 1. The average Bonchev–Trinajstić information content (AvgIpc) is 2.57. The van der Waals surface area contributed by atoms with Gasteiger partial charge < -0.3 is 4.90 Å². The maximum Gasteiger partial charge on any atom is 0.253 e. The lowest BCUT2D eigenvalue weighted by molar-refractivity contribution is 0.0495.